The number of thioether (sulfide) groups is 1. The molecule has 1 unspecified atom stereocenters. The lowest BCUT2D eigenvalue weighted by Crippen LogP contribution is -2.39. The Hall–Kier alpha value is -4.73. The van der Waals surface area contributed by atoms with Crippen molar-refractivity contribution in [1.29, 1.82) is 5.26 Å². The fourth-order valence-corrected chi connectivity index (χ4v) is 6.47. The molecule has 0 saturated carbocycles. The summed E-state index contributed by atoms with van der Waals surface area (Å²) in [5.41, 5.74) is 10.0. The number of nitrogens with zero attached hydrogens (tertiary/aromatic N) is 4. The van der Waals surface area contributed by atoms with E-state index in [1.165, 1.54) is 30.2 Å². The number of ketones is 1. The summed E-state index contributed by atoms with van der Waals surface area (Å²) in [6.45, 7) is 0. The zero-order chi connectivity index (χ0) is 29.6. The Morgan fingerprint density at radius 3 is 2.67 bits per heavy atom. The third-order valence-electron chi connectivity index (χ3n) is 6.74. The standard InChI is InChI=1S/C30H26N6O4S2/c1-40-28(39)19-11-13-20(14-12-19)33-25(38)17-41-30-35-34-29(42-30)36-23-8-5-9-24(37)26(23)21(22(16-31)27(36)32)15-10-18-6-3-2-4-7-18/h2-4,6-7,10-15,21H,5,8-9,17,32H2,1H3,(H,33,38)/b15-10+. The number of rotatable bonds is 8. The van der Waals surface area contributed by atoms with Gasteiger partial charge in [-0.3, -0.25) is 14.5 Å². The maximum Gasteiger partial charge on any atom is 0.337 e. The monoisotopic (exact) mass is 598 g/mol. The number of carbonyl (C=O) groups excluding carboxylic acids is 3. The molecule has 1 aliphatic carbocycles. The van der Waals surface area contributed by atoms with Crippen molar-refractivity contribution in [2.45, 2.75) is 23.6 Å². The van der Waals surface area contributed by atoms with Gasteiger partial charge < -0.3 is 15.8 Å². The van der Waals surface area contributed by atoms with Crippen LogP contribution in [0.3, 0.4) is 0 Å². The highest BCUT2D eigenvalue weighted by Crippen LogP contribution is 2.44. The van der Waals surface area contributed by atoms with Crippen LogP contribution in [0.1, 0.15) is 35.2 Å². The van der Waals surface area contributed by atoms with E-state index in [2.05, 4.69) is 26.3 Å². The number of benzene rings is 2. The number of aromatic nitrogens is 2. The van der Waals surface area contributed by atoms with E-state index in [0.717, 1.165) is 11.3 Å². The quantitative estimate of drug-likeness (QED) is 0.270. The van der Waals surface area contributed by atoms with Gasteiger partial charge in [0.25, 0.3) is 0 Å². The number of carbonyl (C=O) groups is 3. The first-order chi connectivity index (χ1) is 20.4. The SMILES string of the molecule is COC(=O)c1ccc(NC(=O)CSc2nnc(N3C(N)=C(C#N)C(/C=C/c4ccccc4)C4=C3CCCC4=O)s2)cc1. The minimum absolute atomic E-state index is 0.0142. The fourth-order valence-electron chi connectivity index (χ4n) is 4.79. The molecule has 0 bridgehead atoms. The van der Waals surface area contributed by atoms with E-state index in [4.69, 9.17) is 5.73 Å². The second-order valence-electron chi connectivity index (χ2n) is 9.39. The van der Waals surface area contributed by atoms with Crippen LogP contribution in [0, 0.1) is 17.2 Å². The van der Waals surface area contributed by atoms with Gasteiger partial charge >= 0.3 is 5.97 Å². The predicted molar refractivity (Wildman–Crippen MR) is 161 cm³/mol. The van der Waals surface area contributed by atoms with Crippen molar-refractivity contribution in [2.75, 3.05) is 23.1 Å². The van der Waals surface area contributed by atoms with Crippen molar-refractivity contribution in [1.82, 2.24) is 10.2 Å². The molecular formula is C30H26N6O4S2. The Balaban J connectivity index is 1.33. The van der Waals surface area contributed by atoms with Crippen LogP contribution in [-0.4, -0.2) is 40.7 Å². The number of nitrogens with one attached hydrogen (secondary N) is 1. The fraction of sp³-hybridized carbons (Fsp3) is 0.200. The maximum atomic E-state index is 13.2. The molecule has 0 spiro atoms. The molecule has 42 heavy (non-hydrogen) atoms. The van der Waals surface area contributed by atoms with Crippen molar-refractivity contribution in [3.8, 4) is 6.07 Å². The summed E-state index contributed by atoms with van der Waals surface area (Å²) in [5, 5.41) is 21.8. The Kier molecular flexibility index (Phi) is 8.80. The van der Waals surface area contributed by atoms with Gasteiger partial charge in [-0.05, 0) is 42.7 Å². The molecule has 2 aromatic carbocycles. The molecule has 3 N–H and O–H groups in total. The number of allylic oxidation sites excluding steroid dienone is 4. The number of ether oxygens (including phenoxy) is 1. The lowest BCUT2D eigenvalue weighted by molar-refractivity contribution is -0.116. The molecule has 3 aromatic rings. The van der Waals surface area contributed by atoms with Gasteiger partial charge in [0, 0.05) is 29.3 Å². The second kappa shape index (κ2) is 12.8. The van der Waals surface area contributed by atoms with Crippen LogP contribution in [-0.2, 0) is 14.3 Å². The number of anilines is 2. The van der Waals surface area contributed by atoms with E-state index in [1.807, 2.05) is 42.5 Å². The first kappa shape index (κ1) is 28.8. The average Bonchev–Trinajstić information content (AvgIpc) is 3.47. The van der Waals surface area contributed by atoms with Gasteiger partial charge in [0.05, 0.1) is 30.1 Å². The van der Waals surface area contributed by atoms with Crippen molar-refractivity contribution in [2.24, 2.45) is 11.7 Å². The van der Waals surface area contributed by atoms with Gasteiger partial charge in [0.2, 0.25) is 11.0 Å². The molecule has 1 aliphatic heterocycles. The van der Waals surface area contributed by atoms with E-state index in [1.54, 1.807) is 29.2 Å². The Morgan fingerprint density at radius 1 is 1.19 bits per heavy atom. The average molecular weight is 599 g/mol. The van der Waals surface area contributed by atoms with Crippen LogP contribution >= 0.6 is 23.1 Å². The molecule has 0 fully saturated rings. The third-order valence-corrected chi connectivity index (χ3v) is 8.78. The van der Waals surface area contributed by atoms with Crippen molar-refractivity contribution < 1.29 is 19.1 Å². The summed E-state index contributed by atoms with van der Waals surface area (Å²) in [6, 6.07) is 18.3. The van der Waals surface area contributed by atoms with E-state index >= 15 is 0 Å². The molecule has 5 rings (SSSR count). The molecular weight excluding hydrogens is 573 g/mol. The lowest BCUT2D eigenvalue weighted by Gasteiger charge is -2.37. The first-order valence-corrected chi connectivity index (χ1v) is 14.8. The molecule has 0 saturated heterocycles. The van der Waals surface area contributed by atoms with Gasteiger partial charge in [-0.15, -0.1) is 10.2 Å². The van der Waals surface area contributed by atoms with Crippen LogP contribution in [0.15, 0.2) is 87.7 Å². The third kappa shape index (κ3) is 6.12. The van der Waals surface area contributed by atoms with Crippen LogP contribution in [0.2, 0.25) is 0 Å². The summed E-state index contributed by atoms with van der Waals surface area (Å²) in [6.07, 6.45) is 5.43. The molecule has 1 amide bonds. The van der Waals surface area contributed by atoms with Gasteiger partial charge in [-0.1, -0.05) is 65.6 Å². The van der Waals surface area contributed by atoms with Crippen LogP contribution in [0.5, 0.6) is 0 Å². The predicted octanol–water partition coefficient (Wildman–Crippen LogP) is 4.91. The highest BCUT2D eigenvalue weighted by atomic mass is 32.2. The number of nitrogens with two attached hydrogens (primary N) is 1. The molecule has 1 atom stereocenters. The van der Waals surface area contributed by atoms with Crippen LogP contribution < -0.4 is 16.0 Å². The normalized spacial score (nSPS) is 16.8. The molecule has 2 heterocycles. The van der Waals surface area contributed by atoms with E-state index in [9.17, 15) is 19.6 Å². The minimum atomic E-state index is -0.554. The summed E-state index contributed by atoms with van der Waals surface area (Å²) < 4.78 is 5.21. The Morgan fingerprint density at radius 2 is 1.95 bits per heavy atom. The summed E-state index contributed by atoms with van der Waals surface area (Å²) in [7, 11) is 1.30. The van der Waals surface area contributed by atoms with Gasteiger partial charge in [0.1, 0.15) is 5.82 Å². The van der Waals surface area contributed by atoms with E-state index in [0.29, 0.717) is 45.6 Å². The smallest absolute Gasteiger partial charge is 0.337 e. The minimum Gasteiger partial charge on any atom is -0.465 e. The topological polar surface area (TPSA) is 151 Å². The number of hydrogen-bond acceptors (Lipinski definition) is 11. The van der Waals surface area contributed by atoms with Gasteiger partial charge in [-0.2, -0.15) is 5.26 Å². The molecule has 212 valence electrons. The van der Waals surface area contributed by atoms with Crippen molar-refractivity contribution >= 4 is 57.7 Å². The number of amides is 1. The highest BCUT2D eigenvalue weighted by molar-refractivity contribution is 8.01. The highest BCUT2D eigenvalue weighted by Gasteiger charge is 2.39. The zero-order valence-corrected chi connectivity index (χ0v) is 24.2. The molecule has 0 radical (unpaired) electrons. The van der Waals surface area contributed by atoms with Crippen LogP contribution in [0.25, 0.3) is 6.08 Å². The molecule has 10 nitrogen and oxygen atoms in total. The summed E-state index contributed by atoms with van der Waals surface area (Å²) >= 11 is 2.43. The largest absolute Gasteiger partial charge is 0.465 e. The zero-order valence-electron chi connectivity index (χ0n) is 22.6. The Labute approximate surface area is 250 Å². The second-order valence-corrected chi connectivity index (χ2v) is 11.6. The Bertz CT molecular complexity index is 1650. The summed E-state index contributed by atoms with van der Waals surface area (Å²) in [4.78, 5) is 39.0. The summed E-state index contributed by atoms with van der Waals surface area (Å²) in [5.74, 6) is -1.000. The van der Waals surface area contributed by atoms with Gasteiger partial charge in [-0.25, -0.2) is 4.79 Å². The number of methoxy groups -OCH3 is 1. The van der Waals surface area contributed by atoms with E-state index < -0.39 is 11.9 Å². The lowest BCUT2D eigenvalue weighted by atomic mass is 9.79. The number of nitriles is 1. The number of Topliss-reactive ketones (excluding diaryl/α,β-unsaturated/α-hetero) is 1. The maximum absolute atomic E-state index is 13.2. The molecule has 12 heteroatoms. The van der Waals surface area contributed by atoms with Gasteiger partial charge in [0.15, 0.2) is 10.1 Å². The molecule has 2 aliphatic rings. The number of esters is 1. The number of hydrogen-bond donors (Lipinski definition) is 2. The first-order valence-electron chi connectivity index (χ1n) is 13.0. The van der Waals surface area contributed by atoms with Crippen molar-refractivity contribution in [3.63, 3.8) is 0 Å². The van der Waals surface area contributed by atoms with Crippen LogP contribution in [0.4, 0.5) is 10.8 Å². The van der Waals surface area contributed by atoms with Crippen molar-refractivity contribution in [3.05, 3.63) is 94.5 Å². The molecule has 1 aromatic heterocycles. The van der Waals surface area contributed by atoms with E-state index in [-0.39, 0.29) is 28.8 Å².